The lowest BCUT2D eigenvalue weighted by molar-refractivity contribution is 0.0986. The number of nitrogens with two attached hydrogens (primary N) is 1. The van der Waals surface area contributed by atoms with E-state index in [1.165, 1.54) is 12.1 Å². The molecule has 2 aromatic carbocycles. The molecular formula is C17H19FN2O. The summed E-state index contributed by atoms with van der Waals surface area (Å²) in [6, 6.07) is 11.5. The average Bonchev–Trinajstić information content (AvgIpc) is 2.43. The molecule has 0 saturated carbocycles. The zero-order valence-corrected chi connectivity index (χ0v) is 12.3. The van der Waals surface area contributed by atoms with Crippen LogP contribution in [0.1, 0.15) is 29.3 Å². The van der Waals surface area contributed by atoms with Crippen LogP contribution in [-0.4, -0.2) is 12.5 Å². The molecule has 0 spiro atoms. The van der Waals surface area contributed by atoms with Crippen LogP contribution in [0.2, 0.25) is 0 Å². The molecule has 0 saturated heterocycles. The van der Waals surface area contributed by atoms with Gasteiger partial charge in [-0.1, -0.05) is 13.0 Å². The van der Waals surface area contributed by atoms with Gasteiger partial charge in [0.1, 0.15) is 5.82 Å². The van der Waals surface area contributed by atoms with Crippen LogP contribution in [0.3, 0.4) is 0 Å². The second-order valence-electron chi connectivity index (χ2n) is 5.07. The van der Waals surface area contributed by atoms with E-state index in [9.17, 15) is 9.18 Å². The van der Waals surface area contributed by atoms with Gasteiger partial charge in [-0.05, 0) is 55.3 Å². The van der Waals surface area contributed by atoms with Gasteiger partial charge in [-0.3, -0.25) is 4.79 Å². The lowest BCUT2D eigenvalue weighted by Gasteiger charge is -2.23. The number of hydrogen-bond acceptors (Lipinski definition) is 2. The van der Waals surface area contributed by atoms with Crippen LogP contribution < -0.4 is 10.6 Å². The summed E-state index contributed by atoms with van der Waals surface area (Å²) < 4.78 is 13.5. The smallest absolute Gasteiger partial charge is 0.258 e. The van der Waals surface area contributed by atoms with E-state index in [4.69, 9.17) is 5.73 Å². The second-order valence-corrected chi connectivity index (χ2v) is 5.07. The fourth-order valence-electron chi connectivity index (χ4n) is 2.28. The maximum absolute atomic E-state index is 13.5. The lowest BCUT2D eigenvalue weighted by atomic mass is 10.1. The van der Waals surface area contributed by atoms with Gasteiger partial charge in [-0.2, -0.15) is 0 Å². The highest BCUT2D eigenvalue weighted by atomic mass is 19.1. The van der Waals surface area contributed by atoms with Crippen molar-refractivity contribution in [3.63, 3.8) is 0 Å². The van der Waals surface area contributed by atoms with Gasteiger partial charge in [-0.25, -0.2) is 4.39 Å². The van der Waals surface area contributed by atoms with Gasteiger partial charge < -0.3 is 10.6 Å². The molecule has 0 aliphatic carbocycles. The number of rotatable bonds is 4. The minimum atomic E-state index is -0.401. The first-order valence-corrected chi connectivity index (χ1v) is 6.96. The van der Waals surface area contributed by atoms with Gasteiger partial charge in [0.25, 0.3) is 5.91 Å². The molecule has 3 nitrogen and oxygen atoms in total. The first-order chi connectivity index (χ1) is 10.0. The number of hydrogen-bond donors (Lipinski definition) is 1. The van der Waals surface area contributed by atoms with E-state index in [1.54, 1.807) is 36.1 Å². The average molecular weight is 286 g/mol. The maximum Gasteiger partial charge on any atom is 0.258 e. The zero-order chi connectivity index (χ0) is 15.4. The van der Waals surface area contributed by atoms with E-state index in [0.29, 0.717) is 17.8 Å². The van der Waals surface area contributed by atoms with E-state index >= 15 is 0 Å². The number of benzene rings is 2. The third kappa shape index (κ3) is 3.60. The number of carbonyl (C=O) groups excluding carboxylic acids is 1. The minimum Gasteiger partial charge on any atom is -0.399 e. The van der Waals surface area contributed by atoms with Crippen molar-refractivity contribution in [1.82, 2.24) is 0 Å². The summed E-state index contributed by atoms with van der Waals surface area (Å²) in [4.78, 5) is 14.3. The molecule has 0 fully saturated rings. The molecule has 2 rings (SSSR count). The highest BCUT2D eigenvalue weighted by Crippen LogP contribution is 2.21. The molecule has 4 heteroatoms. The highest BCUT2D eigenvalue weighted by Gasteiger charge is 2.18. The molecule has 0 unspecified atom stereocenters. The lowest BCUT2D eigenvalue weighted by Crippen LogP contribution is -2.31. The van der Waals surface area contributed by atoms with Crippen LogP contribution in [0.5, 0.6) is 0 Å². The van der Waals surface area contributed by atoms with Gasteiger partial charge in [0.2, 0.25) is 0 Å². The Balaban J connectivity index is 2.39. The predicted octanol–water partition coefficient (Wildman–Crippen LogP) is 3.77. The van der Waals surface area contributed by atoms with E-state index in [0.717, 1.165) is 17.7 Å². The topological polar surface area (TPSA) is 46.3 Å². The normalized spacial score (nSPS) is 10.4. The summed E-state index contributed by atoms with van der Waals surface area (Å²) in [7, 11) is 0. The van der Waals surface area contributed by atoms with Crippen molar-refractivity contribution in [2.75, 3.05) is 17.2 Å². The zero-order valence-electron chi connectivity index (χ0n) is 12.3. The molecule has 0 aliphatic rings. The van der Waals surface area contributed by atoms with Gasteiger partial charge in [-0.15, -0.1) is 0 Å². The number of anilines is 2. The summed E-state index contributed by atoms with van der Waals surface area (Å²) in [5, 5.41) is 0. The number of nitrogen functional groups attached to an aromatic ring is 1. The maximum atomic E-state index is 13.5. The summed E-state index contributed by atoms with van der Waals surface area (Å²) in [6.07, 6.45) is 0.800. The highest BCUT2D eigenvalue weighted by molar-refractivity contribution is 6.06. The molecule has 110 valence electrons. The first-order valence-electron chi connectivity index (χ1n) is 6.96. The molecule has 2 N–H and O–H groups in total. The molecule has 0 radical (unpaired) electrons. The van der Waals surface area contributed by atoms with E-state index < -0.39 is 5.82 Å². The van der Waals surface area contributed by atoms with Crippen molar-refractivity contribution in [3.05, 3.63) is 59.4 Å². The molecule has 0 aromatic heterocycles. The van der Waals surface area contributed by atoms with E-state index in [2.05, 4.69) is 0 Å². The number of carbonyl (C=O) groups is 1. The van der Waals surface area contributed by atoms with Crippen LogP contribution in [0.15, 0.2) is 42.5 Å². The second kappa shape index (κ2) is 6.39. The molecule has 0 bridgehead atoms. The molecule has 0 atom stereocenters. The van der Waals surface area contributed by atoms with Crippen molar-refractivity contribution >= 4 is 17.3 Å². The summed E-state index contributed by atoms with van der Waals surface area (Å²) >= 11 is 0. The summed E-state index contributed by atoms with van der Waals surface area (Å²) in [5.74, 6) is -0.618. The third-order valence-electron chi connectivity index (χ3n) is 3.16. The van der Waals surface area contributed by atoms with Crippen LogP contribution in [-0.2, 0) is 0 Å². The fraction of sp³-hybridized carbons (Fsp3) is 0.235. The summed E-state index contributed by atoms with van der Waals surface area (Å²) in [6.45, 7) is 4.31. The standard InChI is InChI=1S/C17H19FN2O/c1-3-7-20(16-6-4-5-15(19)11-16)17(21)13-8-12(2)9-14(18)10-13/h4-6,8-11H,3,7,19H2,1-2H3. The monoisotopic (exact) mass is 286 g/mol. The SMILES string of the molecule is CCCN(C(=O)c1cc(C)cc(F)c1)c1cccc(N)c1. The quantitative estimate of drug-likeness (QED) is 0.870. The van der Waals surface area contributed by atoms with Crippen LogP contribution in [0.25, 0.3) is 0 Å². The van der Waals surface area contributed by atoms with Gasteiger partial charge >= 0.3 is 0 Å². The van der Waals surface area contributed by atoms with E-state index in [-0.39, 0.29) is 5.91 Å². The Morgan fingerprint density at radius 1 is 1.24 bits per heavy atom. The molecular weight excluding hydrogens is 267 g/mol. The Kier molecular flexibility index (Phi) is 4.58. The van der Waals surface area contributed by atoms with Crippen LogP contribution in [0.4, 0.5) is 15.8 Å². The predicted molar refractivity (Wildman–Crippen MR) is 84.0 cm³/mol. The number of amides is 1. The third-order valence-corrected chi connectivity index (χ3v) is 3.16. The van der Waals surface area contributed by atoms with Crippen molar-refractivity contribution in [3.8, 4) is 0 Å². The minimum absolute atomic E-state index is 0.218. The number of nitrogens with zero attached hydrogens (tertiary/aromatic N) is 1. The van der Waals surface area contributed by atoms with Crippen molar-refractivity contribution in [2.24, 2.45) is 0 Å². The number of halogens is 1. The van der Waals surface area contributed by atoms with E-state index in [1.807, 2.05) is 13.0 Å². The Morgan fingerprint density at radius 2 is 2.00 bits per heavy atom. The molecule has 1 amide bonds. The molecule has 0 heterocycles. The van der Waals surface area contributed by atoms with Crippen LogP contribution in [0, 0.1) is 12.7 Å². The fourth-order valence-corrected chi connectivity index (χ4v) is 2.28. The molecule has 2 aromatic rings. The van der Waals surface area contributed by atoms with Gasteiger partial charge in [0.15, 0.2) is 0 Å². The molecule has 0 aliphatic heterocycles. The number of aryl methyl sites for hydroxylation is 1. The van der Waals surface area contributed by atoms with Gasteiger partial charge in [0.05, 0.1) is 0 Å². The largest absolute Gasteiger partial charge is 0.399 e. The Labute approximate surface area is 124 Å². The van der Waals surface area contributed by atoms with Crippen molar-refractivity contribution in [1.29, 1.82) is 0 Å². The Bertz CT molecular complexity index is 635. The van der Waals surface area contributed by atoms with Crippen molar-refractivity contribution in [2.45, 2.75) is 20.3 Å². The molecule has 21 heavy (non-hydrogen) atoms. The van der Waals surface area contributed by atoms with Crippen LogP contribution >= 0.6 is 0 Å². The first kappa shape index (κ1) is 15.0. The van der Waals surface area contributed by atoms with Crippen molar-refractivity contribution < 1.29 is 9.18 Å². The van der Waals surface area contributed by atoms with Gasteiger partial charge in [0, 0.05) is 23.5 Å². The Morgan fingerprint density at radius 3 is 2.62 bits per heavy atom. The summed E-state index contributed by atoms with van der Waals surface area (Å²) in [5.41, 5.74) is 8.18. The Hall–Kier alpha value is -2.36.